The minimum absolute atomic E-state index is 0.0518. The lowest BCUT2D eigenvalue weighted by molar-refractivity contribution is 0.102. The molecule has 0 aliphatic rings. The maximum Gasteiger partial charge on any atom is 0.261 e. The quantitative estimate of drug-likeness (QED) is 0.748. The SMILES string of the molecule is O=C(Nc1cc(-c2ccc(Br)cc2)no1)c1ccccc1F. The summed E-state index contributed by atoms with van der Waals surface area (Å²) in [5.41, 5.74) is 1.37. The molecule has 1 amide bonds. The zero-order valence-corrected chi connectivity index (χ0v) is 12.8. The van der Waals surface area contributed by atoms with Gasteiger partial charge in [-0.1, -0.05) is 45.4 Å². The van der Waals surface area contributed by atoms with E-state index < -0.39 is 11.7 Å². The molecule has 0 saturated heterocycles. The van der Waals surface area contributed by atoms with E-state index in [1.165, 1.54) is 18.2 Å². The van der Waals surface area contributed by atoms with E-state index >= 15 is 0 Å². The number of hydrogen-bond acceptors (Lipinski definition) is 3. The highest BCUT2D eigenvalue weighted by Gasteiger charge is 2.14. The lowest BCUT2D eigenvalue weighted by Crippen LogP contribution is -2.13. The molecule has 3 rings (SSSR count). The summed E-state index contributed by atoms with van der Waals surface area (Å²) in [6, 6.07) is 14.8. The van der Waals surface area contributed by atoms with Gasteiger partial charge in [0.15, 0.2) is 0 Å². The number of halogens is 2. The summed E-state index contributed by atoms with van der Waals surface area (Å²) in [6.45, 7) is 0. The first-order valence-electron chi connectivity index (χ1n) is 6.42. The molecule has 3 aromatic rings. The smallest absolute Gasteiger partial charge is 0.261 e. The fourth-order valence-corrected chi connectivity index (χ4v) is 2.18. The molecule has 0 radical (unpaired) electrons. The van der Waals surface area contributed by atoms with Crippen molar-refractivity contribution in [2.24, 2.45) is 0 Å². The number of amides is 1. The summed E-state index contributed by atoms with van der Waals surface area (Å²) in [4.78, 5) is 12.0. The Kier molecular flexibility index (Phi) is 4.02. The largest absolute Gasteiger partial charge is 0.338 e. The third kappa shape index (κ3) is 3.07. The molecule has 0 aliphatic carbocycles. The van der Waals surface area contributed by atoms with Gasteiger partial charge in [0.1, 0.15) is 11.5 Å². The Bertz CT molecular complexity index is 815. The normalized spacial score (nSPS) is 10.5. The van der Waals surface area contributed by atoms with E-state index in [1.54, 1.807) is 12.1 Å². The average molecular weight is 361 g/mol. The van der Waals surface area contributed by atoms with Gasteiger partial charge in [0.25, 0.3) is 5.91 Å². The van der Waals surface area contributed by atoms with Crippen molar-refractivity contribution in [3.05, 3.63) is 70.5 Å². The van der Waals surface area contributed by atoms with Crippen LogP contribution in [0.1, 0.15) is 10.4 Å². The monoisotopic (exact) mass is 360 g/mol. The molecule has 0 bridgehead atoms. The standard InChI is InChI=1S/C16H10BrFN2O2/c17-11-7-5-10(6-8-11)14-9-15(22-20-14)19-16(21)12-3-1-2-4-13(12)18/h1-9H,(H,19,21). The van der Waals surface area contributed by atoms with Gasteiger partial charge in [0.05, 0.1) is 5.56 Å². The molecule has 0 saturated carbocycles. The highest BCUT2D eigenvalue weighted by molar-refractivity contribution is 9.10. The fourth-order valence-electron chi connectivity index (χ4n) is 1.92. The van der Waals surface area contributed by atoms with E-state index in [-0.39, 0.29) is 11.4 Å². The van der Waals surface area contributed by atoms with Crippen LogP contribution in [0.3, 0.4) is 0 Å². The molecule has 0 spiro atoms. The Morgan fingerprint density at radius 1 is 1.14 bits per heavy atom. The second-order valence-corrected chi connectivity index (χ2v) is 5.43. The maximum atomic E-state index is 13.5. The molecule has 0 atom stereocenters. The summed E-state index contributed by atoms with van der Waals surface area (Å²) in [7, 11) is 0. The molecule has 1 N–H and O–H groups in total. The van der Waals surface area contributed by atoms with Crippen LogP contribution < -0.4 is 5.32 Å². The molecule has 1 heterocycles. The van der Waals surface area contributed by atoms with Gasteiger partial charge in [0, 0.05) is 16.1 Å². The van der Waals surface area contributed by atoms with Crippen LogP contribution in [0.4, 0.5) is 10.3 Å². The highest BCUT2D eigenvalue weighted by atomic mass is 79.9. The van der Waals surface area contributed by atoms with E-state index in [4.69, 9.17) is 4.52 Å². The lowest BCUT2D eigenvalue weighted by atomic mass is 10.1. The number of rotatable bonds is 3. The molecule has 0 fully saturated rings. The van der Waals surface area contributed by atoms with Crippen molar-refractivity contribution < 1.29 is 13.7 Å². The van der Waals surface area contributed by atoms with Gasteiger partial charge in [-0.05, 0) is 24.3 Å². The summed E-state index contributed by atoms with van der Waals surface area (Å²) in [6.07, 6.45) is 0. The average Bonchev–Trinajstić information content (AvgIpc) is 2.97. The minimum Gasteiger partial charge on any atom is -0.338 e. The van der Waals surface area contributed by atoms with Crippen LogP contribution >= 0.6 is 15.9 Å². The first-order chi connectivity index (χ1) is 10.6. The van der Waals surface area contributed by atoms with Crippen LogP contribution in [-0.2, 0) is 0 Å². The summed E-state index contributed by atoms with van der Waals surface area (Å²) in [5, 5.41) is 6.37. The third-order valence-electron chi connectivity index (χ3n) is 3.01. The molecule has 2 aromatic carbocycles. The number of nitrogens with zero attached hydrogens (tertiary/aromatic N) is 1. The van der Waals surface area contributed by atoms with Crippen LogP contribution in [0.25, 0.3) is 11.3 Å². The van der Waals surface area contributed by atoms with Crippen LogP contribution in [0, 0.1) is 5.82 Å². The van der Waals surface area contributed by atoms with Gasteiger partial charge in [-0.15, -0.1) is 0 Å². The van der Waals surface area contributed by atoms with E-state index in [0.717, 1.165) is 10.0 Å². The Morgan fingerprint density at radius 2 is 1.86 bits per heavy atom. The van der Waals surface area contributed by atoms with E-state index in [1.807, 2.05) is 24.3 Å². The highest BCUT2D eigenvalue weighted by Crippen LogP contribution is 2.23. The number of carbonyl (C=O) groups is 1. The number of hydrogen-bond donors (Lipinski definition) is 1. The van der Waals surface area contributed by atoms with Gasteiger partial charge in [0.2, 0.25) is 5.88 Å². The number of benzene rings is 2. The van der Waals surface area contributed by atoms with E-state index in [2.05, 4.69) is 26.4 Å². The van der Waals surface area contributed by atoms with Crippen molar-refractivity contribution in [2.45, 2.75) is 0 Å². The molecule has 6 heteroatoms. The molecular formula is C16H10BrFN2O2. The van der Waals surface area contributed by atoms with E-state index in [0.29, 0.717) is 5.69 Å². The number of anilines is 1. The van der Waals surface area contributed by atoms with Crippen LogP contribution in [0.2, 0.25) is 0 Å². The molecule has 0 aliphatic heterocycles. The first kappa shape index (κ1) is 14.5. The number of nitrogens with one attached hydrogen (secondary N) is 1. The Labute approximate surface area is 134 Å². The predicted octanol–water partition coefficient (Wildman–Crippen LogP) is 4.50. The molecule has 22 heavy (non-hydrogen) atoms. The fraction of sp³-hybridized carbons (Fsp3) is 0. The molecular weight excluding hydrogens is 351 g/mol. The van der Waals surface area contributed by atoms with Crippen LogP contribution in [0.5, 0.6) is 0 Å². The van der Waals surface area contributed by atoms with Crippen molar-refractivity contribution in [1.29, 1.82) is 0 Å². The van der Waals surface area contributed by atoms with E-state index in [9.17, 15) is 9.18 Å². The predicted molar refractivity (Wildman–Crippen MR) is 84.0 cm³/mol. The Hall–Kier alpha value is -2.47. The topological polar surface area (TPSA) is 55.1 Å². The van der Waals surface area contributed by atoms with Gasteiger partial charge in [-0.3, -0.25) is 10.1 Å². The van der Waals surface area contributed by atoms with Crippen molar-refractivity contribution in [1.82, 2.24) is 5.16 Å². The second kappa shape index (κ2) is 6.11. The molecule has 0 unspecified atom stereocenters. The second-order valence-electron chi connectivity index (χ2n) is 4.52. The zero-order chi connectivity index (χ0) is 15.5. The van der Waals surface area contributed by atoms with Crippen molar-refractivity contribution >= 4 is 27.7 Å². The number of aromatic nitrogens is 1. The zero-order valence-electron chi connectivity index (χ0n) is 11.2. The minimum atomic E-state index is -0.590. The van der Waals surface area contributed by atoms with Gasteiger partial charge >= 0.3 is 0 Å². The first-order valence-corrected chi connectivity index (χ1v) is 7.21. The molecule has 1 aromatic heterocycles. The van der Waals surface area contributed by atoms with Crippen molar-refractivity contribution in [2.75, 3.05) is 5.32 Å². The van der Waals surface area contributed by atoms with Crippen molar-refractivity contribution in [3.63, 3.8) is 0 Å². The maximum absolute atomic E-state index is 13.5. The Balaban J connectivity index is 1.78. The lowest BCUT2D eigenvalue weighted by Gasteiger charge is -2.01. The Morgan fingerprint density at radius 3 is 2.59 bits per heavy atom. The van der Waals surface area contributed by atoms with Gasteiger partial charge in [-0.2, -0.15) is 0 Å². The van der Waals surface area contributed by atoms with Gasteiger partial charge < -0.3 is 4.52 Å². The summed E-state index contributed by atoms with van der Waals surface area (Å²) in [5.74, 6) is -1.02. The summed E-state index contributed by atoms with van der Waals surface area (Å²) >= 11 is 3.35. The summed E-state index contributed by atoms with van der Waals surface area (Å²) < 4.78 is 19.6. The van der Waals surface area contributed by atoms with Crippen molar-refractivity contribution in [3.8, 4) is 11.3 Å². The van der Waals surface area contributed by atoms with Crippen LogP contribution in [-0.4, -0.2) is 11.1 Å². The number of carbonyl (C=O) groups excluding carboxylic acids is 1. The van der Waals surface area contributed by atoms with Gasteiger partial charge in [-0.25, -0.2) is 4.39 Å². The molecule has 4 nitrogen and oxygen atoms in total. The van der Waals surface area contributed by atoms with Crippen LogP contribution in [0.15, 0.2) is 63.6 Å². The molecule has 110 valence electrons. The third-order valence-corrected chi connectivity index (χ3v) is 3.53.